The molecule has 1 unspecified atom stereocenters. The van der Waals surface area contributed by atoms with E-state index in [4.69, 9.17) is 16.1 Å². The number of benzene rings is 1. The summed E-state index contributed by atoms with van der Waals surface area (Å²) in [6.45, 7) is 2.35. The number of nitrogens with zero attached hydrogens (tertiary/aromatic N) is 2. The Bertz CT molecular complexity index is 847. The summed E-state index contributed by atoms with van der Waals surface area (Å²) < 4.78 is 5.05. The molecule has 2 heterocycles. The first-order chi connectivity index (χ1) is 12.6. The second kappa shape index (κ2) is 8.63. The molecule has 3 rings (SSSR count). The quantitative estimate of drug-likeness (QED) is 0.689. The van der Waals surface area contributed by atoms with E-state index in [1.54, 1.807) is 24.5 Å². The Morgan fingerprint density at radius 1 is 1.27 bits per heavy atom. The van der Waals surface area contributed by atoms with Crippen molar-refractivity contribution in [3.63, 3.8) is 0 Å². The first kappa shape index (κ1) is 18.1. The molecular formula is C20H20ClN3O2. The Hall–Kier alpha value is -2.66. The van der Waals surface area contributed by atoms with E-state index in [-0.39, 0.29) is 11.8 Å². The van der Waals surface area contributed by atoms with Crippen LogP contribution in [0.2, 0.25) is 5.02 Å². The third kappa shape index (κ3) is 4.92. The van der Waals surface area contributed by atoms with Crippen LogP contribution in [-0.4, -0.2) is 22.6 Å². The fraction of sp³-hybridized carbons (Fsp3) is 0.250. The van der Waals surface area contributed by atoms with Crippen LogP contribution in [0.1, 0.15) is 28.5 Å². The van der Waals surface area contributed by atoms with Crippen molar-refractivity contribution in [3.05, 3.63) is 82.5 Å². The number of amides is 1. The second-order valence-electron chi connectivity index (χ2n) is 6.14. The Morgan fingerprint density at radius 3 is 2.73 bits per heavy atom. The average Bonchev–Trinajstić information content (AvgIpc) is 3.06. The largest absolute Gasteiger partial charge is 0.361 e. The first-order valence-electron chi connectivity index (χ1n) is 8.46. The number of aryl methyl sites for hydroxylation is 1. The van der Waals surface area contributed by atoms with Gasteiger partial charge in [0.2, 0.25) is 5.91 Å². The number of carbonyl (C=O) groups is 1. The zero-order valence-corrected chi connectivity index (χ0v) is 15.2. The minimum Gasteiger partial charge on any atom is -0.361 e. The van der Waals surface area contributed by atoms with Crippen LogP contribution in [0.5, 0.6) is 0 Å². The number of pyridine rings is 1. The van der Waals surface area contributed by atoms with Crippen LogP contribution in [-0.2, 0) is 17.6 Å². The predicted octanol–water partition coefficient (Wildman–Crippen LogP) is 3.72. The fourth-order valence-electron chi connectivity index (χ4n) is 2.78. The maximum absolute atomic E-state index is 12.8. The van der Waals surface area contributed by atoms with Crippen molar-refractivity contribution >= 4 is 17.5 Å². The van der Waals surface area contributed by atoms with Crippen LogP contribution in [0.4, 0.5) is 0 Å². The molecule has 1 amide bonds. The molecule has 0 radical (unpaired) electrons. The molecule has 5 nitrogen and oxygen atoms in total. The number of hydrogen-bond acceptors (Lipinski definition) is 4. The zero-order valence-electron chi connectivity index (χ0n) is 14.5. The van der Waals surface area contributed by atoms with E-state index >= 15 is 0 Å². The van der Waals surface area contributed by atoms with Crippen molar-refractivity contribution in [1.29, 1.82) is 0 Å². The highest BCUT2D eigenvalue weighted by molar-refractivity contribution is 6.30. The second-order valence-corrected chi connectivity index (χ2v) is 6.58. The van der Waals surface area contributed by atoms with Gasteiger partial charge in [0.15, 0.2) is 0 Å². The molecule has 134 valence electrons. The molecule has 0 aliphatic carbocycles. The fourth-order valence-corrected chi connectivity index (χ4v) is 2.91. The summed E-state index contributed by atoms with van der Waals surface area (Å²) in [4.78, 5) is 17.0. The molecule has 1 atom stereocenters. The number of nitrogens with one attached hydrogen (secondary N) is 1. The van der Waals surface area contributed by atoms with E-state index in [1.165, 1.54) is 0 Å². The number of carbonyl (C=O) groups excluding carboxylic acids is 1. The van der Waals surface area contributed by atoms with Gasteiger partial charge >= 0.3 is 0 Å². The molecule has 0 spiro atoms. The van der Waals surface area contributed by atoms with E-state index in [0.29, 0.717) is 24.4 Å². The van der Waals surface area contributed by atoms with Crippen molar-refractivity contribution in [1.82, 2.24) is 15.5 Å². The van der Waals surface area contributed by atoms with Gasteiger partial charge in [-0.05, 0) is 42.7 Å². The van der Waals surface area contributed by atoms with E-state index in [2.05, 4.69) is 15.5 Å². The lowest BCUT2D eigenvalue weighted by Crippen LogP contribution is -2.32. The average molecular weight is 370 g/mol. The minimum absolute atomic E-state index is 0.0311. The molecule has 1 N–H and O–H groups in total. The van der Waals surface area contributed by atoms with Crippen molar-refractivity contribution in [2.75, 3.05) is 6.54 Å². The maximum Gasteiger partial charge on any atom is 0.227 e. The summed E-state index contributed by atoms with van der Waals surface area (Å²) in [7, 11) is 0. The highest BCUT2D eigenvalue weighted by Gasteiger charge is 2.21. The lowest BCUT2D eigenvalue weighted by Gasteiger charge is -2.17. The molecule has 0 bridgehead atoms. The predicted molar refractivity (Wildman–Crippen MR) is 100 cm³/mol. The molecule has 0 saturated carbocycles. The number of rotatable bonds is 7. The molecule has 26 heavy (non-hydrogen) atoms. The van der Waals surface area contributed by atoms with Gasteiger partial charge in [-0.1, -0.05) is 35.0 Å². The van der Waals surface area contributed by atoms with Crippen LogP contribution < -0.4 is 5.32 Å². The van der Waals surface area contributed by atoms with Gasteiger partial charge in [-0.15, -0.1) is 0 Å². The van der Waals surface area contributed by atoms with Crippen LogP contribution in [0.15, 0.2) is 59.4 Å². The molecule has 0 fully saturated rings. The molecule has 6 heteroatoms. The van der Waals surface area contributed by atoms with Crippen LogP contribution in [0.25, 0.3) is 0 Å². The van der Waals surface area contributed by atoms with Crippen LogP contribution >= 0.6 is 11.6 Å². The minimum atomic E-state index is -0.310. The molecule has 0 saturated heterocycles. The van der Waals surface area contributed by atoms with Crippen LogP contribution in [0.3, 0.4) is 0 Å². The Labute approximate surface area is 157 Å². The van der Waals surface area contributed by atoms with Gasteiger partial charge in [-0.25, -0.2) is 0 Å². The van der Waals surface area contributed by atoms with Gasteiger partial charge in [0.1, 0.15) is 5.76 Å². The molecular weight excluding hydrogens is 350 g/mol. The van der Waals surface area contributed by atoms with Crippen LogP contribution in [0, 0.1) is 6.92 Å². The molecule has 3 aromatic rings. The third-order valence-corrected chi connectivity index (χ3v) is 4.36. The first-order valence-corrected chi connectivity index (χ1v) is 8.84. The maximum atomic E-state index is 12.8. The zero-order chi connectivity index (χ0) is 18.4. The number of hydrogen-bond donors (Lipinski definition) is 1. The standard InChI is InChI=1S/C20H20ClN3O2/c1-14-11-18(24-26-14)8-10-23-20(25)19(12-15-3-2-9-22-13-15)16-4-6-17(21)7-5-16/h2-7,9,11,13,19H,8,10,12H2,1H3,(H,23,25). The third-order valence-electron chi connectivity index (χ3n) is 4.11. The Kier molecular flexibility index (Phi) is 6.02. The number of aromatic nitrogens is 2. The van der Waals surface area contributed by atoms with Gasteiger partial charge in [0.05, 0.1) is 11.6 Å². The SMILES string of the molecule is Cc1cc(CCNC(=O)C(Cc2cccnc2)c2ccc(Cl)cc2)no1. The summed E-state index contributed by atoms with van der Waals surface area (Å²) in [6.07, 6.45) is 4.71. The molecule has 0 aliphatic rings. The summed E-state index contributed by atoms with van der Waals surface area (Å²) in [5, 5.41) is 7.59. The highest BCUT2D eigenvalue weighted by Crippen LogP contribution is 2.23. The van der Waals surface area contributed by atoms with E-state index in [9.17, 15) is 4.79 Å². The van der Waals surface area contributed by atoms with E-state index in [1.807, 2.05) is 37.3 Å². The number of halogens is 1. The Morgan fingerprint density at radius 2 is 2.08 bits per heavy atom. The Balaban J connectivity index is 1.69. The lowest BCUT2D eigenvalue weighted by atomic mass is 9.91. The monoisotopic (exact) mass is 369 g/mol. The summed E-state index contributed by atoms with van der Waals surface area (Å²) in [5.74, 6) is 0.425. The van der Waals surface area contributed by atoms with Gasteiger partial charge in [-0.2, -0.15) is 0 Å². The molecule has 0 aliphatic heterocycles. The van der Waals surface area contributed by atoms with Crippen molar-refractivity contribution < 1.29 is 9.32 Å². The normalized spacial score (nSPS) is 11.9. The summed E-state index contributed by atoms with van der Waals surface area (Å²) in [5.41, 5.74) is 2.76. The highest BCUT2D eigenvalue weighted by atomic mass is 35.5. The van der Waals surface area contributed by atoms with Crippen molar-refractivity contribution in [2.24, 2.45) is 0 Å². The van der Waals surface area contributed by atoms with Crippen molar-refractivity contribution in [3.8, 4) is 0 Å². The van der Waals surface area contributed by atoms with Gasteiger partial charge in [0.25, 0.3) is 0 Å². The lowest BCUT2D eigenvalue weighted by molar-refractivity contribution is -0.122. The van der Waals surface area contributed by atoms with E-state index < -0.39 is 0 Å². The van der Waals surface area contributed by atoms with E-state index in [0.717, 1.165) is 22.6 Å². The molecule has 2 aromatic heterocycles. The van der Waals surface area contributed by atoms with Crippen molar-refractivity contribution in [2.45, 2.75) is 25.7 Å². The topological polar surface area (TPSA) is 68.0 Å². The summed E-state index contributed by atoms with van der Waals surface area (Å²) in [6, 6.07) is 13.1. The van der Waals surface area contributed by atoms with Gasteiger partial charge in [0, 0.05) is 36.4 Å². The summed E-state index contributed by atoms with van der Waals surface area (Å²) >= 11 is 5.98. The van der Waals surface area contributed by atoms with Gasteiger partial charge < -0.3 is 9.84 Å². The molecule has 1 aromatic carbocycles. The smallest absolute Gasteiger partial charge is 0.227 e. The van der Waals surface area contributed by atoms with Gasteiger partial charge in [-0.3, -0.25) is 9.78 Å².